The van der Waals surface area contributed by atoms with Crippen LogP contribution in [0.25, 0.3) is 5.65 Å². The minimum absolute atomic E-state index is 0.0120. The summed E-state index contributed by atoms with van der Waals surface area (Å²) in [6, 6.07) is 5.44. The second-order valence-electron chi connectivity index (χ2n) is 6.57. The summed E-state index contributed by atoms with van der Waals surface area (Å²) in [5.74, 6) is -0.964. The van der Waals surface area contributed by atoms with Gasteiger partial charge >= 0.3 is 6.18 Å². The number of hydrogen-bond acceptors (Lipinski definition) is 4. The smallest absolute Gasteiger partial charge is 0.343 e. The van der Waals surface area contributed by atoms with Gasteiger partial charge in [0.2, 0.25) is 0 Å². The summed E-state index contributed by atoms with van der Waals surface area (Å²) < 4.78 is 42.0. The molecule has 1 unspecified atom stereocenters. The van der Waals surface area contributed by atoms with Gasteiger partial charge in [0.05, 0.1) is 18.2 Å². The van der Waals surface area contributed by atoms with Gasteiger partial charge in [0.15, 0.2) is 5.82 Å². The normalized spacial score (nSPS) is 17.1. The van der Waals surface area contributed by atoms with Gasteiger partial charge in [-0.05, 0) is 25.5 Å². The van der Waals surface area contributed by atoms with Crippen molar-refractivity contribution >= 4 is 11.6 Å². The van der Waals surface area contributed by atoms with Gasteiger partial charge in [-0.3, -0.25) is 9.20 Å². The van der Waals surface area contributed by atoms with E-state index in [1.165, 1.54) is 0 Å². The van der Waals surface area contributed by atoms with Crippen LogP contribution in [-0.4, -0.2) is 36.2 Å². The summed E-state index contributed by atoms with van der Waals surface area (Å²) in [7, 11) is 0. The average Bonchev–Trinajstić information content (AvgIpc) is 3.18. The highest BCUT2D eigenvalue weighted by atomic mass is 19.4. The van der Waals surface area contributed by atoms with Gasteiger partial charge in [-0.2, -0.15) is 13.2 Å². The first-order chi connectivity index (χ1) is 12.8. The summed E-state index contributed by atoms with van der Waals surface area (Å²) in [5.41, 5.74) is 1.68. The number of alkyl halides is 3. The van der Waals surface area contributed by atoms with Crippen molar-refractivity contribution in [2.75, 3.05) is 0 Å². The Morgan fingerprint density at radius 1 is 1.33 bits per heavy atom. The number of imidazole rings is 1. The molecule has 0 fully saturated rings. The monoisotopic (exact) mass is 378 g/mol. The number of nitrogens with zero attached hydrogens (tertiary/aromatic N) is 5. The molecule has 4 rings (SSSR count). The number of hydrogen-bond donors (Lipinski definition) is 1. The topological polar surface area (TPSA) is 77.1 Å². The number of aromatic nitrogens is 5. The van der Waals surface area contributed by atoms with Crippen molar-refractivity contribution in [2.24, 2.45) is 5.92 Å². The van der Waals surface area contributed by atoms with E-state index in [2.05, 4.69) is 20.5 Å². The zero-order chi connectivity index (χ0) is 19.2. The predicted molar refractivity (Wildman–Crippen MR) is 89.0 cm³/mol. The molecule has 0 spiro atoms. The molecule has 4 heterocycles. The summed E-state index contributed by atoms with van der Waals surface area (Å²) in [6.07, 6.45) is -2.68. The lowest BCUT2D eigenvalue weighted by molar-refractivity contribution is -0.179. The highest BCUT2D eigenvalue weighted by Gasteiger charge is 2.42. The minimum atomic E-state index is -4.23. The molecule has 1 aliphatic rings. The summed E-state index contributed by atoms with van der Waals surface area (Å²) in [5, 5.41) is 10.6. The van der Waals surface area contributed by atoms with Crippen molar-refractivity contribution in [3.63, 3.8) is 0 Å². The third-order valence-electron chi connectivity index (χ3n) is 4.82. The number of carbonyl (C=O) groups is 1. The van der Waals surface area contributed by atoms with Crippen molar-refractivity contribution in [2.45, 2.75) is 39.0 Å². The average molecular weight is 378 g/mol. The Hall–Kier alpha value is -2.91. The fraction of sp³-hybridized carbons (Fsp3) is 0.412. The van der Waals surface area contributed by atoms with E-state index in [1.807, 2.05) is 6.07 Å². The van der Waals surface area contributed by atoms with Crippen molar-refractivity contribution in [1.29, 1.82) is 0 Å². The van der Waals surface area contributed by atoms with E-state index < -0.39 is 12.1 Å². The molecule has 3 aromatic rings. The molecule has 1 aliphatic heterocycles. The first-order valence-corrected chi connectivity index (χ1v) is 8.54. The molecule has 0 aromatic carbocycles. The molecule has 1 N–H and O–H groups in total. The molecule has 0 saturated carbocycles. The molecule has 1 amide bonds. The Balaban J connectivity index is 1.49. The van der Waals surface area contributed by atoms with Crippen LogP contribution in [0.2, 0.25) is 0 Å². The van der Waals surface area contributed by atoms with Crippen LogP contribution in [0.1, 0.15) is 34.3 Å². The molecule has 0 bridgehead atoms. The van der Waals surface area contributed by atoms with Gasteiger partial charge < -0.3 is 9.88 Å². The molecule has 142 valence electrons. The molecule has 7 nitrogen and oxygen atoms in total. The molecule has 0 saturated heterocycles. The first-order valence-electron chi connectivity index (χ1n) is 8.54. The lowest BCUT2D eigenvalue weighted by Gasteiger charge is -2.25. The van der Waals surface area contributed by atoms with Crippen molar-refractivity contribution in [3.05, 3.63) is 47.4 Å². The van der Waals surface area contributed by atoms with Gasteiger partial charge in [0.25, 0.3) is 5.91 Å². The van der Waals surface area contributed by atoms with E-state index in [1.54, 1.807) is 34.2 Å². The number of aryl methyl sites for hydroxylation is 1. The Kier molecular flexibility index (Phi) is 4.12. The maximum absolute atomic E-state index is 12.9. The fourth-order valence-corrected chi connectivity index (χ4v) is 3.43. The first kappa shape index (κ1) is 17.5. The fourth-order valence-electron chi connectivity index (χ4n) is 3.43. The van der Waals surface area contributed by atoms with Gasteiger partial charge in [0.1, 0.15) is 17.2 Å². The third-order valence-corrected chi connectivity index (χ3v) is 4.82. The third kappa shape index (κ3) is 3.15. The molecule has 0 aliphatic carbocycles. The summed E-state index contributed by atoms with van der Waals surface area (Å²) in [4.78, 5) is 17.0. The second-order valence-corrected chi connectivity index (χ2v) is 6.57. The Bertz CT molecular complexity index is 1010. The zero-order valence-corrected chi connectivity index (χ0v) is 14.5. The number of nitrogens with one attached hydrogen (secondary N) is 1. The molecular weight excluding hydrogens is 361 g/mol. The number of pyridine rings is 1. The largest absolute Gasteiger partial charge is 0.392 e. The SMILES string of the molecule is Cc1nc2ccccn2c1C(=O)NCc1nnc2n1CCC(C(F)(F)F)C2. The minimum Gasteiger partial charge on any atom is -0.343 e. The number of halogens is 3. The van der Waals surface area contributed by atoms with Crippen LogP contribution in [-0.2, 0) is 19.5 Å². The predicted octanol–water partition coefficient (Wildman–Crippen LogP) is 2.29. The molecule has 1 atom stereocenters. The van der Waals surface area contributed by atoms with Crippen molar-refractivity contribution in [3.8, 4) is 0 Å². The molecule has 0 radical (unpaired) electrons. The summed E-state index contributed by atoms with van der Waals surface area (Å²) in [6.45, 7) is 2.02. The van der Waals surface area contributed by atoms with Crippen LogP contribution in [0.4, 0.5) is 13.2 Å². The van der Waals surface area contributed by atoms with E-state index in [4.69, 9.17) is 0 Å². The quantitative estimate of drug-likeness (QED) is 0.759. The van der Waals surface area contributed by atoms with Crippen LogP contribution in [0.3, 0.4) is 0 Å². The lowest BCUT2D eigenvalue weighted by atomic mass is 9.97. The number of rotatable bonds is 3. The molecular formula is C17H17F3N6O. The van der Waals surface area contributed by atoms with E-state index in [0.29, 0.717) is 28.7 Å². The number of carbonyl (C=O) groups excluding carboxylic acids is 1. The second kappa shape index (κ2) is 6.36. The molecule has 10 heteroatoms. The highest BCUT2D eigenvalue weighted by Crippen LogP contribution is 2.34. The van der Waals surface area contributed by atoms with E-state index in [0.717, 1.165) is 0 Å². The Morgan fingerprint density at radius 3 is 2.93 bits per heavy atom. The molecule has 3 aromatic heterocycles. The van der Waals surface area contributed by atoms with Crippen LogP contribution >= 0.6 is 0 Å². The number of amides is 1. The van der Waals surface area contributed by atoms with Crippen LogP contribution in [0.5, 0.6) is 0 Å². The van der Waals surface area contributed by atoms with Gasteiger partial charge in [0, 0.05) is 19.2 Å². The standard InChI is InChI=1S/C17H17F3N6O/c1-10-15(26-6-3-2-4-12(26)22-10)16(27)21-9-14-24-23-13-8-11(17(18,19)20)5-7-25(13)14/h2-4,6,11H,5,7-9H2,1H3,(H,21,27). The highest BCUT2D eigenvalue weighted by molar-refractivity contribution is 5.94. The van der Waals surface area contributed by atoms with Crippen LogP contribution < -0.4 is 5.32 Å². The molecule has 27 heavy (non-hydrogen) atoms. The Morgan fingerprint density at radius 2 is 2.15 bits per heavy atom. The van der Waals surface area contributed by atoms with Gasteiger partial charge in [-0.1, -0.05) is 6.07 Å². The lowest BCUT2D eigenvalue weighted by Crippen LogP contribution is -2.32. The maximum Gasteiger partial charge on any atom is 0.392 e. The van der Waals surface area contributed by atoms with E-state index in [-0.39, 0.29) is 31.8 Å². The van der Waals surface area contributed by atoms with Crippen LogP contribution in [0, 0.1) is 12.8 Å². The summed E-state index contributed by atoms with van der Waals surface area (Å²) >= 11 is 0. The van der Waals surface area contributed by atoms with Gasteiger partial charge in [-0.15, -0.1) is 10.2 Å². The maximum atomic E-state index is 12.9. The zero-order valence-electron chi connectivity index (χ0n) is 14.5. The van der Waals surface area contributed by atoms with Crippen molar-refractivity contribution < 1.29 is 18.0 Å². The Labute approximate surface area is 152 Å². The van der Waals surface area contributed by atoms with Gasteiger partial charge in [-0.25, -0.2) is 4.98 Å². The van der Waals surface area contributed by atoms with Crippen molar-refractivity contribution in [1.82, 2.24) is 29.5 Å². The van der Waals surface area contributed by atoms with E-state index >= 15 is 0 Å². The van der Waals surface area contributed by atoms with E-state index in [9.17, 15) is 18.0 Å². The van der Waals surface area contributed by atoms with Crippen LogP contribution in [0.15, 0.2) is 24.4 Å². The number of fused-ring (bicyclic) bond motifs is 2.